The fraction of sp³-hybridized carbons (Fsp3) is 0.462. The Bertz CT molecular complexity index is 569. The molecule has 1 aromatic heterocycles. The van der Waals surface area contributed by atoms with Crippen molar-refractivity contribution in [3.05, 3.63) is 24.1 Å². The number of rotatable bonds is 3. The first kappa shape index (κ1) is 12.4. The van der Waals surface area contributed by atoms with Gasteiger partial charge < -0.3 is 20.0 Å². The van der Waals surface area contributed by atoms with Crippen LogP contribution in [0.1, 0.15) is 5.89 Å². The van der Waals surface area contributed by atoms with Gasteiger partial charge in [0, 0.05) is 6.54 Å². The van der Waals surface area contributed by atoms with Crippen molar-refractivity contribution in [2.75, 3.05) is 32.1 Å². The van der Waals surface area contributed by atoms with Gasteiger partial charge in [0.25, 0.3) is 0 Å². The lowest BCUT2D eigenvalue weighted by atomic mass is 10.2. The van der Waals surface area contributed by atoms with Crippen molar-refractivity contribution in [2.24, 2.45) is 0 Å². The summed E-state index contributed by atoms with van der Waals surface area (Å²) in [6, 6.07) is 5.50. The third-order valence-corrected chi connectivity index (χ3v) is 3.39. The summed E-state index contributed by atoms with van der Waals surface area (Å²) in [5, 5.41) is 9.33. The number of oxazole rings is 1. The number of nitrogens with zero attached hydrogens (tertiary/aromatic N) is 2. The molecule has 0 amide bonds. The SMILES string of the molecule is Nc1cccc2oc(CN3CCOCC3CO)nc12. The Labute approximate surface area is 110 Å². The second kappa shape index (κ2) is 5.16. The van der Waals surface area contributed by atoms with Crippen molar-refractivity contribution in [1.29, 1.82) is 0 Å². The molecule has 3 rings (SSSR count). The number of ether oxygens (including phenoxy) is 1. The van der Waals surface area contributed by atoms with Crippen LogP contribution in [-0.4, -0.2) is 47.4 Å². The van der Waals surface area contributed by atoms with Gasteiger partial charge >= 0.3 is 0 Å². The number of hydrogen-bond acceptors (Lipinski definition) is 6. The summed E-state index contributed by atoms with van der Waals surface area (Å²) in [5.41, 5.74) is 7.88. The molecule has 6 heteroatoms. The van der Waals surface area contributed by atoms with Gasteiger partial charge in [0.1, 0.15) is 5.52 Å². The monoisotopic (exact) mass is 263 g/mol. The molecule has 19 heavy (non-hydrogen) atoms. The number of fused-ring (bicyclic) bond motifs is 1. The number of nitrogen functional groups attached to an aromatic ring is 1. The third kappa shape index (κ3) is 2.42. The molecule has 1 fully saturated rings. The van der Waals surface area contributed by atoms with E-state index in [0.29, 0.717) is 42.4 Å². The Balaban J connectivity index is 1.82. The number of aromatic nitrogens is 1. The van der Waals surface area contributed by atoms with E-state index in [1.807, 2.05) is 12.1 Å². The summed E-state index contributed by atoms with van der Waals surface area (Å²) in [5.74, 6) is 0.619. The summed E-state index contributed by atoms with van der Waals surface area (Å²) < 4.78 is 11.0. The van der Waals surface area contributed by atoms with Crippen molar-refractivity contribution in [2.45, 2.75) is 12.6 Å². The summed E-state index contributed by atoms with van der Waals surface area (Å²) in [4.78, 5) is 6.53. The van der Waals surface area contributed by atoms with Crippen LogP contribution in [0.5, 0.6) is 0 Å². The highest BCUT2D eigenvalue weighted by Crippen LogP contribution is 2.22. The van der Waals surface area contributed by atoms with E-state index in [1.54, 1.807) is 6.07 Å². The van der Waals surface area contributed by atoms with E-state index in [1.165, 1.54) is 0 Å². The highest BCUT2D eigenvalue weighted by molar-refractivity contribution is 5.85. The third-order valence-electron chi connectivity index (χ3n) is 3.39. The van der Waals surface area contributed by atoms with Crippen molar-refractivity contribution >= 4 is 16.8 Å². The molecule has 0 bridgehead atoms. The Morgan fingerprint density at radius 2 is 2.37 bits per heavy atom. The predicted molar refractivity (Wildman–Crippen MR) is 70.5 cm³/mol. The minimum absolute atomic E-state index is 0.00103. The largest absolute Gasteiger partial charge is 0.439 e. The number of hydrogen-bond donors (Lipinski definition) is 2. The molecule has 0 aliphatic carbocycles. The van der Waals surface area contributed by atoms with Crippen molar-refractivity contribution < 1.29 is 14.3 Å². The molecule has 6 nitrogen and oxygen atoms in total. The molecule has 1 aromatic carbocycles. The van der Waals surface area contributed by atoms with Crippen LogP contribution in [0.4, 0.5) is 5.69 Å². The minimum atomic E-state index is 0.00103. The van der Waals surface area contributed by atoms with Crippen LogP contribution in [0.3, 0.4) is 0 Å². The van der Waals surface area contributed by atoms with Gasteiger partial charge in [0.15, 0.2) is 5.58 Å². The van der Waals surface area contributed by atoms with Gasteiger partial charge in [-0.25, -0.2) is 4.98 Å². The highest BCUT2D eigenvalue weighted by Gasteiger charge is 2.24. The number of nitrogens with two attached hydrogens (primary N) is 1. The maximum absolute atomic E-state index is 9.33. The van der Waals surface area contributed by atoms with E-state index in [0.717, 1.165) is 6.54 Å². The zero-order chi connectivity index (χ0) is 13.2. The number of benzene rings is 1. The minimum Gasteiger partial charge on any atom is -0.439 e. The Kier molecular flexibility index (Phi) is 3.37. The molecule has 3 N–H and O–H groups in total. The average Bonchev–Trinajstić information content (AvgIpc) is 2.83. The van der Waals surface area contributed by atoms with Crippen molar-refractivity contribution in [3.63, 3.8) is 0 Å². The molecule has 0 spiro atoms. The van der Waals surface area contributed by atoms with Crippen LogP contribution in [0.2, 0.25) is 0 Å². The topological polar surface area (TPSA) is 84.8 Å². The maximum atomic E-state index is 9.33. The van der Waals surface area contributed by atoms with Gasteiger partial charge in [-0.1, -0.05) is 6.07 Å². The van der Waals surface area contributed by atoms with Crippen LogP contribution in [-0.2, 0) is 11.3 Å². The molecule has 0 radical (unpaired) electrons. The molecule has 1 aliphatic rings. The number of morpholine rings is 1. The van der Waals surface area contributed by atoms with E-state index in [9.17, 15) is 5.11 Å². The average molecular weight is 263 g/mol. The van der Waals surface area contributed by atoms with E-state index in [2.05, 4.69) is 9.88 Å². The van der Waals surface area contributed by atoms with Crippen molar-refractivity contribution in [1.82, 2.24) is 9.88 Å². The molecule has 1 atom stereocenters. The first-order chi connectivity index (χ1) is 9.28. The normalized spacial score (nSPS) is 21.0. The summed E-state index contributed by atoms with van der Waals surface area (Å²) >= 11 is 0. The summed E-state index contributed by atoms with van der Waals surface area (Å²) in [6.45, 7) is 2.60. The summed E-state index contributed by atoms with van der Waals surface area (Å²) in [6.07, 6.45) is 0. The lowest BCUT2D eigenvalue weighted by molar-refractivity contribution is -0.0341. The highest BCUT2D eigenvalue weighted by atomic mass is 16.5. The predicted octanol–water partition coefficient (Wildman–Crippen LogP) is 0.603. The van der Waals surface area contributed by atoms with Gasteiger partial charge in [0.05, 0.1) is 38.1 Å². The summed E-state index contributed by atoms with van der Waals surface area (Å²) in [7, 11) is 0. The first-order valence-corrected chi connectivity index (χ1v) is 6.34. The van der Waals surface area contributed by atoms with Crippen LogP contribution in [0.25, 0.3) is 11.1 Å². The number of aliphatic hydroxyl groups is 1. The lowest BCUT2D eigenvalue weighted by Gasteiger charge is -2.33. The van der Waals surface area contributed by atoms with E-state index in [-0.39, 0.29) is 12.6 Å². The smallest absolute Gasteiger partial charge is 0.209 e. The number of para-hydroxylation sites is 1. The first-order valence-electron chi connectivity index (χ1n) is 6.34. The van der Waals surface area contributed by atoms with Crippen molar-refractivity contribution in [3.8, 4) is 0 Å². The molecule has 1 aliphatic heterocycles. The molecule has 1 unspecified atom stereocenters. The fourth-order valence-electron chi connectivity index (χ4n) is 2.32. The second-order valence-electron chi connectivity index (χ2n) is 4.68. The second-order valence-corrected chi connectivity index (χ2v) is 4.68. The molecule has 102 valence electrons. The quantitative estimate of drug-likeness (QED) is 0.789. The molecule has 0 saturated carbocycles. The van der Waals surface area contributed by atoms with Crippen LogP contribution in [0, 0.1) is 0 Å². The van der Waals surface area contributed by atoms with Gasteiger partial charge in [0.2, 0.25) is 5.89 Å². The lowest BCUT2D eigenvalue weighted by Crippen LogP contribution is -2.46. The Hall–Kier alpha value is -1.63. The molecule has 2 aromatic rings. The van der Waals surface area contributed by atoms with Crippen LogP contribution < -0.4 is 5.73 Å². The molecule has 2 heterocycles. The van der Waals surface area contributed by atoms with Crippen LogP contribution in [0.15, 0.2) is 22.6 Å². The Morgan fingerprint density at radius 1 is 1.47 bits per heavy atom. The maximum Gasteiger partial charge on any atom is 0.209 e. The molecular weight excluding hydrogens is 246 g/mol. The Morgan fingerprint density at radius 3 is 3.16 bits per heavy atom. The molecule has 1 saturated heterocycles. The van der Waals surface area contributed by atoms with Crippen LogP contribution >= 0.6 is 0 Å². The zero-order valence-electron chi connectivity index (χ0n) is 10.6. The van der Waals surface area contributed by atoms with Gasteiger partial charge in [-0.15, -0.1) is 0 Å². The van der Waals surface area contributed by atoms with Gasteiger partial charge in [-0.05, 0) is 12.1 Å². The fourth-order valence-corrected chi connectivity index (χ4v) is 2.32. The molecular formula is C13H17N3O3. The van der Waals surface area contributed by atoms with Gasteiger partial charge in [-0.2, -0.15) is 0 Å². The standard InChI is InChI=1S/C13H17N3O3/c14-10-2-1-3-11-13(10)15-12(19-11)6-16-4-5-18-8-9(16)7-17/h1-3,9,17H,4-8,14H2. The number of aliphatic hydroxyl groups excluding tert-OH is 1. The van der Waals surface area contributed by atoms with E-state index in [4.69, 9.17) is 14.9 Å². The van der Waals surface area contributed by atoms with E-state index < -0.39 is 0 Å². The number of anilines is 1. The van der Waals surface area contributed by atoms with E-state index >= 15 is 0 Å². The van der Waals surface area contributed by atoms with Gasteiger partial charge in [-0.3, -0.25) is 4.90 Å². The zero-order valence-corrected chi connectivity index (χ0v) is 10.6.